The van der Waals surface area contributed by atoms with E-state index < -0.39 is 6.03 Å². The third-order valence-electron chi connectivity index (χ3n) is 1.14. The number of hydrazone groups is 1. The Morgan fingerprint density at radius 3 is 3.15 bits per heavy atom. The second-order valence-electron chi connectivity index (χ2n) is 2.13. The number of nitrogens with zero attached hydrogens (tertiary/aromatic N) is 1. The molecule has 1 rings (SSSR count). The average Bonchev–Trinajstić information content (AvgIpc) is 2.55. The fourth-order valence-electron chi connectivity index (χ4n) is 0.668. The molecule has 0 saturated heterocycles. The highest BCUT2D eigenvalue weighted by atomic mass is 32.1. The van der Waals surface area contributed by atoms with Gasteiger partial charge >= 0.3 is 6.03 Å². The maximum absolute atomic E-state index is 10.2. The molecular formula is C8H9N3OS. The molecule has 0 radical (unpaired) electrons. The van der Waals surface area contributed by atoms with Crippen molar-refractivity contribution in [2.24, 2.45) is 10.8 Å². The van der Waals surface area contributed by atoms with Crippen molar-refractivity contribution in [2.45, 2.75) is 0 Å². The van der Waals surface area contributed by atoms with E-state index in [2.05, 4.69) is 10.5 Å². The number of amides is 2. The molecule has 68 valence electrons. The third kappa shape index (κ3) is 4.07. The maximum atomic E-state index is 10.2. The largest absolute Gasteiger partial charge is 0.350 e. The summed E-state index contributed by atoms with van der Waals surface area (Å²) in [5.74, 6) is 0. The first-order chi connectivity index (χ1) is 6.29. The maximum Gasteiger partial charge on any atom is 0.332 e. The topological polar surface area (TPSA) is 67.5 Å². The Hall–Kier alpha value is -1.62. The zero-order valence-corrected chi connectivity index (χ0v) is 7.62. The van der Waals surface area contributed by atoms with Gasteiger partial charge in [0.15, 0.2) is 0 Å². The number of nitrogens with one attached hydrogen (secondary N) is 1. The molecule has 0 aliphatic rings. The van der Waals surface area contributed by atoms with E-state index in [4.69, 9.17) is 5.73 Å². The first-order valence-electron chi connectivity index (χ1n) is 3.58. The van der Waals surface area contributed by atoms with E-state index in [0.717, 1.165) is 4.88 Å². The number of primary amides is 1. The first kappa shape index (κ1) is 9.47. The molecule has 5 heteroatoms. The molecule has 0 atom stereocenters. The van der Waals surface area contributed by atoms with E-state index >= 15 is 0 Å². The van der Waals surface area contributed by atoms with Crippen molar-refractivity contribution >= 4 is 29.7 Å². The van der Waals surface area contributed by atoms with Gasteiger partial charge in [0.1, 0.15) is 0 Å². The number of thiophene rings is 1. The molecular weight excluding hydrogens is 186 g/mol. The minimum atomic E-state index is -0.666. The van der Waals surface area contributed by atoms with Crippen molar-refractivity contribution in [1.29, 1.82) is 0 Å². The number of nitrogens with two attached hydrogens (primary N) is 1. The predicted molar refractivity (Wildman–Crippen MR) is 54.6 cm³/mol. The van der Waals surface area contributed by atoms with E-state index in [1.165, 1.54) is 6.21 Å². The third-order valence-corrected chi connectivity index (χ3v) is 1.98. The number of carbonyl (C=O) groups excluding carboxylic acids is 1. The van der Waals surface area contributed by atoms with Crippen molar-refractivity contribution in [2.75, 3.05) is 0 Å². The lowest BCUT2D eigenvalue weighted by Gasteiger charge is -1.86. The summed E-state index contributed by atoms with van der Waals surface area (Å²) >= 11 is 1.63. The van der Waals surface area contributed by atoms with E-state index in [-0.39, 0.29) is 0 Å². The SMILES string of the molecule is NC(=O)N/N=C/C=C/c1cccs1. The lowest BCUT2D eigenvalue weighted by atomic mass is 10.4. The molecule has 0 fully saturated rings. The minimum absolute atomic E-state index is 0.666. The van der Waals surface area contributed by atoms with Crippen LogP contribution in [0.4, 0.5) is 4.79 Å². The van der Waals surface area contributed by atoms with Crippen LogP contribution in [0.1, 0.15) is 4.88 Å². The molecule has 3 N–H and O–H groups in total. The molecule has 0 unspecified atom stereocenters. The van der Waals surface area contributed by atoms with E-state index in [1.807, 2.05) is 23.6 Å². The molecule has 2 amide bonds. The molecule has 0 aliphatic heterocycles. The highest BCUT2D eigenvalue weighted by Crippen LogP contribution is 2.09. The summed E-state index contributed by atoms with van der Waals surface area (Å²) in [7, 11) is 0. The summed E-state index contributed by atoms with van der Waals surface area (Å²) in [5.41, 5.74) is 6.87. The van der Waals surface area contributed by atoms with Crippen LogP contribution in [0.2, 0.25) is 0 Å². The minimum Gasteiger partial charge on any atom is -0.350 e. The number of urea groups is 1. The molecule has 0 saturated carbocycles. The summed E-state index contributed by atoms with van der Waals surface area (Å²) in [6.07, 6.45) is 5.07. The Balaban J connectivity index is 2.34. The normalized spacial score (nSPS) is 11.1. The highest BCUT2D eigenvalue weighted by molar-refractivity contribution is 7.10. The van der Waals surface area contributed by atoms with Crippen molar-refractivity contribution in [3.63, 3.8) is 0 Å². The Morgan fingerprint density at radius 1 is 1.69 bits per heavy atom. The van der Waals surface area contributed by atoms with Crippen LogP contribution in [0.3, 0.4) is 0 Å². The molecule has 0 aromatic carbocycles. The van der Waals surface area contributed by atoms with Crippen LogP contribution >= 0.6 is 11.3 Å². The smallest absolute Gasteiger partial charge is 0.332 e. The molecule has 1 heterocycles. The summed E-state index contributed by atoms with van der Waals surface area (Å²) in [5, 5.41) is 5.52. The van der Waals surface area contributed by atoms with E-state index in [0.29, 0.717) is 0 Å². The van der Waals surface area contributed by atoms with Gasteiger partial charge in [-0.3, -0.25) is 0 Å². The van der Waals surface area contributed by atoms with E-state index in [9.17, 15) is 4.79 Å². The molecule has 4 nitrogen and oxygen atoms in total. The summed E-state index contributed by atoms with van der Waals surface area (Å²) in [6.45, 7) is 0. The van der Waals surface area contributed by atoms with Gasteiger partial charge in [-0.15, -0.1) is 11.3 Å². The van der Waals surface area contributed by atoms with Crippen LogP contribution in [-0.4, -0.2) is 12.2 Å². The van der Waals surface area contributed by atoms with Crippen LogP contribution in [0, 0.1) is 0 Å². The second-order valence-corrected chi connectivity index (χ2v) is 3.11. The standard InChI is InChI=1S/C8H9N3OS/c9-8(12)11-10-5-1-3-7-4-2-6-13-7/h1-6H,(H3,9,11,12)/b3-1+,10-5+. The lowest BCUT2D eigenvalue weighted by molar-refractivity contribution is 0.249. The Kier molecular flexibility index (Phi) is 3.72. The molecule has 0 spiro atoms. The summed E-state index contributed by atoms with van der Waals surface area (Å²) in [4.78, 5) is 11.3. The zero-order chi connectivity index (χ0) is 9.52. The van der Waals surface area contributed by atoms with Gasteiger partial charge in [-0.05, 0) is 23.6 Å². The number of rotatable bonds is 3. The highest BCUT2D eigenvalue weighted by Gasteiger charge is 1.83. The van der Waals surface area contributed by atoms with Crippen LogP contribution < -0.4 is 11.2 Å². The van der Waals surface area contributed by atoms with Crippen molar-refractivity contribution in [1.82, 2.24) is 5.43 Å². The van der Waals surface area contributed by atoms with Crippen LogP contribution in [0.15, 0.2) is 28.7 Å². The molecule has 0 aliphatic carbocycles. The quantitative estimate of drug-likeness (QED) is 0.555. The average molecular weight is 195 g/mol. The first-order valence-corrected chi connectivity index (χ1v) is 4.45. The Bertz CT molecular complexity index is 316. The van der Waals surface area contributed by atoms with E-state index in [1.54, 1.807) is 17.4 Å². The zero-order valence-electron chi connectivity index (χ0n) is 6.81. The molecule has 1 aromatic rings. The molecule has 0 bridgehead atoms. The van der Waals surface area contributed by atoms with Crippen molar-refractivity contribution < 1.29 is 4.79 Å². The fraction of sp³-hybridized carbons (Fsp3) is 0. The van der Waals surface area contributed by atoms with Gasteiger partial charge in [0.25, 0.3) is 0 Å². The van der Waals surface area contributed by atoms with Gasteiger partial charge in [0.05, 0.1) is 0 Å². The fourth-order valence-corrected chi connectivity index (χ4v) is 1.30. The van der Waals surface area contributed by atoms with Gasteiger partial charge in [0.2, 0.25) is 0 Å². The van der Waals surface area contributed by atoms with Gasteiger partial charge in [-0.2, -0.15) is 5.10 Å². The number of hydrogen-bond donors (Lipinski definition) is 2. The lowest BCUT2D eigenvalue weighted by Crippen LogP contribution is -2.24. The van der Waals surface area contributed by atoms with Crippen molar-refractivity contribution in [3.8, 4) is 0 Å². The number of allylic oxidation sites excluding steroid dienone is 1. The summed E-state index contributed by atoms with van der Waals surface area (Å²) < 4.78 is 0. The second kappa shape index (κ2) is 5.10. The summed E-state index contributed by atoms with van der Waals surface area (Å²) in [6, 6.07) is 3.28. The van der Waals surface area contributed by atoms with Crippen molar-refractivity contribution in [3.05, 3.63) is 28.5 Å². The van der Waals surface area contributed by atoms with Gasteiger partial charge in [-0.25, -0.2) is 10.2 Å². The molecule has 13 heavy (non-hydrogen) atoms. The van der Waals surface area contributed by atoms with Gasteiger partial charge < -0.3 is 5.73 Å². The van der Waals surface area contributed by atoms with Crippen LogP contribution in [-0.2, 0) is 0 Å². The van der Waals surface area contributed by atoms with Crippen LogP contribution in [0.5, 0.6) is 0 Å². The molecule has 1 aromatic heterocycles. The number of hydrogen-bond acceptors (Lipinski definition) is 3. The Morgan fingerprint density at radius 2 is 2.54 bits per heavy atom. The monoisotopic (exact) mass is 195 g/mol. The Labute approximate surface area is 79.8 Å². The number of carbonyl (C=O) groups is 1. The van der Waals surface area contributed by atoms with Gasteiger partial charge in [0, 0.05) is 11.1 Å². The predicted octanol–water partition coefficient (Wildman–Crippen LogP) is 1.42. The van der Waals surface area contributed by atoms with Gasteiger partial charge in [-0.1, -0.05) is 6.07 Å². The van der Waals surface area contributed by atoms with Crippen LogP contribution in [0.25, 0.3) is 6.08 Å².